The van der Waals surface area contributed by atoms with E-state index in [9.17, 15) is 32.3 Å². The van der Waals surface area contributed by atoms with E-state index in [2.05, 4.69) is 16.9 Å². The second-order valence-electron chi connectivity index (χ2n) is 10.4. The smallest absolute Gasteiger partial charge is 0.421 e. The maximum absolute atomic E-state index is 15.4. The van der Waals surface area contributed by atoms with E-state index < -0.39 is 52.7 Å². The summed E-state index contributed by atoms with van der Waals surface area (Å²) in [4.78, 5) is 34.0. The number of aromatic carboxylic acids is 1. The Labute approximate surface area is 233 Å². The molecule has 4 rings (SSSR count). The number of carboxylic acid groups (broad SMARTS) is 1. The highest BCUT2D eigenvalue weighted by Gasteiger charge is 2.37. The Morgan fingerprint density at radius 1 is 1.00 bits per heavy atom. The Kier molecular flexibility index (Phi) is 8.60. The van der Waals surface area contributed by atoms with Crippen molar-refractivity contribution < 1.29 is 41.4 Å². The Morgan fingerprint density at radius 3 is 2.22 bits per heavy atom. The maximum Gasteiger partial charge on any atom is 0.421 e. The monoisotopic (exact) mass is 577 g/mol. The summed E-state index contributed by atoms with van der Waals surface area (Å²) in [5.41, 5.74) is -2.02. The van der Waals surface area contributed by atoms with Gasteiger partial charge >= 0.3 is 12.1 Å². The molecule has 0 saturated heterocycles. The van der Waals surface area contributed by atoms with Gasteiger partial charge in [0.1, 0.15) is 5.56 Å². The molecule has 2 heterocycles. The summed E-state index contributed by atoms with van der Waals surface area (Å²) in [5.74, 6) is -5.60. The highest BCUT2D eigenvalue weighted by atomic mass is 19.4. The van der Waals surface area contributed by atoms with Crippen LogP contribution in [0.3, 0.4) is 0 Å². The van der Waals surface area contributed by atoms with Crippen LogP contribution in [0.4, 0.5) is 27.6 Å². The second kappa shape index (κ2) is 11.8. The maximum atomic E-state index is 15.4. The first-order valence-electron chi connectivity index (χ1n) is 13.0. The third kappa shape index (κ3) is 6.63. The van der Waals surface area contributed by atoms with Crippen LogP contribution in [-0.2, 0) is 11.0 Å². The molecule has 1 N–H and O–H groups in total. The first-order chi connectivity index (χ1) is 19.3. The van der Waals surface area contributed by atoms with E-state index in [4.69, 9.17) is 4.74 Å². The summed E-state index contributed by atoms with van der Waals surface area (Å²) in [6.45, 7) is 5.41. The predicted molar refractivity (Wildman–Crippen MR) is 140 cm³/mol. The fourth-order valence-corrected chi connectivity index (χ4v) is 4.89. The van der Waals surface area contributed by atoms with Crippen molar-refractivity contribution in [2.75, 3.05) is 4.90 Å². The predicted octanol–water partition coefficient (Wildman–Crippen LogP) is 7.50. The first-order valence-corrected chi connectivity index (χ1v) is 13.0. The molecule has 41 heavy (non-hydrogen) atoms. The number of anilines is 1. The normalized spacial score (nSPS) is 17.4. The average Bonchev–Trinajstić information content (AvgIpc) is 2.90. The van der Waals surface area contributed by atoms with Crippen molar-refractivity contribution in [3.05, 3.63) is 65.6 Å². The molecule has 0 atom stereocenters. The van der Waals surface area contributed by atoms with Crippen molar-refractivity contribution in [3.8, 4) is 22.8 Å². The lowest BCUT2D eigenvalue weighted by Crippen LogP contribution is -2.43. The zero-order chi connectivity index (χ0) is 30.1. The van der Waals surface area contributed by atoms with Gasteiger partial charge in [-0.25, -0.2) is 19.2 Å². The number of hydrogen-bond acceptors (Lipinski definition) is 5. The molecule has 218 valence electrons. The summed E-state index contributed by atoms with van der Waals surface area (Å²) in [6.07, 6.45) is -0.0542. The number of halogens is 5. The number of carbonyl (C=O) groups excluding carboxylic acids is 1. The van der Waals surface area contributed by atoms with Gasteiger partial charge in [0.25, 0.3) is 0 Å². The number of ether oxygens (including phenoxy) is 1. The highest BCUT2D eigenvalue weighted by molar-refractivity contribution is 6.03. The number of nitrogens with zero attached hydrogens (tertiary/aromatic N) is 3. The highest BCUT2D eigenvalue weighted by Crippen LogP contribution is 2.41. The molecule has 0 bridgehead atoms. The van der Waals surface area contributed by atoms with Crippen LogP contribution in [0.15, 0.2) is 42.7 Å². The van der Waals surface area contributed by atoms with Crippen molar-refractivity contribution in [1.82, 2.24) is 9.97 Å². The average molecular weight is 578 g/mol. The number of hydrogen-bond donors (Lipinski definition) is 1. The summed E-state index contributed by atoms with van der Waals surface area (Å²) >= 11 is 0. The van der Waals surface area contributed by atoms with E-state index in [1.165, 1.54) is 11.0 Å². The summed E-state index contributed by atoms with van der Waals surface area (Å²) in [5, 5.41) is 9.93. The van der Waals surface area contributed by atoms with Crippen LogP contribution in [0, 0.1) is 23.6 Å². The van der Waals surface area contributed by atoms with E-state index in [-0.39, 0.29) is 28.6 Å². The molecule has 0 aliphatic heterocycles. The van der Waals surface area contributed by atoms with Crippen LogP contribution in [0.5, 0.6) is 11.6 Å². The van der Waals surface area contributed by atoms with E-state index >= 15 is 4.39 Å². The summed E-state index contributed by atoms with van der Waals surface area (Å²) in [7, 11) is 0. The van der Waals surface area contributed by atoms with Crippen LogP contribution < -0.4 is 9.64 Å². The zero-order valence-corrected chi connectivity index (χ0v) is 22.5. The van der Waals surface area contributed by atoms with Gasteiger partial charge in [0.2, 0.25) is 17.7 Å². The third-order valence-corrected chi connectivity index (χ3v) is 7.08. The van der Waals surface area contributed by atoms with Crippen molar-refractivity contribution in [1.29, 1.82) is 0 Å². The molecule has 1 amide bonds. The Hall–Kier alpha value is -4.09. The van der Waals surface area contributed by atoms with Gasteiger partial charge in [-0.15, -0.1) is 0 Å². The van der Waals surface area contributed by atoms with Crippen LogP contribution in [0.2, 0.25) is 0 Å². The summed E-state index contributed by atoms with van der Waals surface area (Å²) < 4.78 is 75.5. The fourth-order valence-electron chi connectivity index (χ4n) is 4.89. The van der Waals surface area contributed by atoms with Gasteiger partial charge < -0.3 is 14.7 Å². The van der Waals surface area contributed by atoms with E-state index in [0.29, 0.717) is 24.8 Å². The van der Waals surface area contributed by atoms with Gasteiger partial charge in [-0.1, -0.05) is 6.92 Å². The number of rotatable bonds is 7. The van der Waals surface area contributed by atoms with Crippen molar-refractivity contribution in [3.63, 3.8) is 0 Å². The quantitative estimate of drug-likeness (QED) is 0.231. The van der Waals surface area contributed by atoms with Crippen LogP contribution in [-0.4, -0.2) is 33.0 Å². The minimum atomic E-state index is -4.99. The molecule has 1 aromatic carbocycles. The van der Waals surface area contributed by atoms with Gasteiger partial charge in [-0.3, -0.25) is 4.79 Å². The molecule has 12 heteroatoms. The molecular formula is C29H28F5N3O4. The number of benzene rings is 1. The van der Waals surface area contributed by atoms with Gasteiger partial charge in [0.15, 0.2) is 11.6 Å². The molecule has 3 aromatic rings. The van der Waals surface area contributed by atoms with Crippen molar-refractivity contribution >= 4 is 17.6 Å². The lowest BCUT2D eigenvalue weighted by molar-refractivity contribution is -0.138. The van der Waals surface area contributed by atoms with Crippen molar-refractivity contribution in [2.24, 2.45) is 11.8 Å². The van der Waals surface area contributed by atoms with Crippen LogP contribution >= 0.6 is 0 Å². The standard InChI is InChI=1S/C29H28F5N3O4/c1-15(2)37(27(38)17-6-4-16(3)5-7-17)23-12-22(30)24(11-20(23)28(39)40)41-26-21(29(32,33)34)10-19(14-36-26)18-8-9-25(31)35-13-18/h8-17H,4-7H2,1-3H3,(H,39,40). The number of alkyl halides is 3. The Balaban J connectivity index is 1.73. The molecule has 0 unspecified atom stereocenters. The topological polar surface area (TPSA) is 92.6 Å². The number of pyridine rings is 2. The fraction of sp³-hybridized carbons (Fsp3) is 0.379. The van der Waals surface area contributed by atoms with Crippen LogP contribution in [0.1, 0.15) is 62.4 Å². The number of aromatic nitrogens is 2. The van der Waals surface area contributed by atoms with Gasteiger partial charge in [0.05, 0.1) is 11.3 Å². The SMILES string of the molecule is CC1CCC(C(=O)N(c2cc(F)c(Oc3ncc(-c4ccc(F)nc4)cc3C(F)(F)F)cc2C(=O)O)C(C)C)CC1. The van der Waals surface area contributed by atoms with E-state index in [1.54, 1.807) is 13.8 Å². The number of carboxylic acids is 1. The zero-order valence-electron chi connectivity index (χ0n) is 22.5. The van der Waals surface area contributed by atoms with E-state index in [0.717, 1.165) is 43.4 Å². The first kappa shape index (κ1) is 29.9. The van der Waals surface area contributed by atoms with Gasteiger partial charge in [-0.2, -0.15) is 17.6 Å². The molecule has 0 spiro atoms. The molecule has 0 radical (unpaired) electrons. The molecule has 1 fully saturated rings. The van der Waals surface area contributed by atoms with Crippen LogP contribution in [0.25, 0.3) is 11.1 Å². The molecule has 1 aliphatic carbocycles. The van der Waals surface area contributed by atoms with E-state index in [1.807, 2.05) is 0 Å². The Morgan fingerprint density at radius 2 is 1.66 bits per heavy atom. The molecule has 2 aromatic heterocycles. The minimum Gasteiger partial charge on any atom is -0.478 e. The molecule has 1 aliphatic rings. The summed E-state index contributed by atoms with van der Waals surface area (Å²) in [6, 6.07) is 3.88. The molecule has 1 saturated carbocycles. The molecule has 7 nitrogen and oxygen atoms in total. The largest absolute Gasteiger partial charge is 0.478 e. The van der Waals surface area contributed by atoms with Crippen molar-refractivity contribution in [2.45, 2.75) is 58.7 Å². The Bertz CT molecular complexity index is 1440. The van der Waals surface area contributed by atoms with Gasteiger partial charge in [-0.05, 0) is 63.6 Å². The number of amides is 1. The van der Waals surface area contributed by atoms with Gasteiger partial charge in [0, 0.05) is 47.6 Å². The minimum absolute atomic E-state index is 0.0533. The lowest BCUT2D eigenvalue weighted by Gasteiger charge is -2.34. The lowest BCUT2D eigenvalue weighted by atomic mass is 9.82. The second-order valence-corrected chi connectivity index (χ2v) is 10.4. The molecular weight excluding hydrogens is 549 g/mol. The number of carbonyl (C=O) groups is 2. The third-order valence-electron chi connectivity index (χ3n) is 7.08.